The summed E-state index contributed by atoms with van der Waals surface area (Å²) in [6.07, 6.45) is 5.87. The van der Waals surface area contributed by atoms with Crippen molar-refractivity contribution in [2.75, 3.05) is 4.90 Å². The van der Waals surface area contributed by atoms with Gasteiger partial charge in [0.25, 0.3) is 0 Å². The topological polar surface area (TPSA) is 3.24 Å². The summed E-state index contributed by atoms with van der Waals surface area (Å²) in [5.74, 6) is 3.58. The molecule has 0 amide bonds. The molecular formula is C58H45N. The summed E-state index contributed by atoms with van der Waals surface area (Å²) in [6, 6.07) is 74.5. The van der Waals surface area contributed by atoms with Crippen LogP contribution in [0.2, 0.25) is 0 Å². The lowest BCUT2D eigenvalue weighted by Crippen LogP contribution is -2.73. The molecule has 5 aliphatic carbocycles. The van der Waals surface area contributed by atoms with Gasteiger partial charge in [-0.05, 0) is 164 Å². The maximum Gasteiger partial charge on any atom is 0.0467 e. The Kier molecular flexibility index (Phi) is 7.12. The van der Waals surface area contributed by atoms with Gasteiger partial charge in [0.15, 0.2) is 0 Å². The molecule has 282 valence electrons. The van der Waals surface area contributed by atoms with Crippen molar-refractivity contribution in [2.24, 2.45) is 29.1 Å². The number of hydrogen-bond acceptors (Lipinski definition) is 1. The molecule has 6 atom stereocenters. The van der Waals surface area contributed by atoms with E-state index in [1.807, 2.05) is 0 Å². The molecule has 2 bridgehead atoms. The summed E-state index contributed by atoms with van der Waals surface area (Å²) < 4.78 is 0. The Bertz CT molecular complexity index is 2830. The molecule has 4 fully saturated rings. The maximum absolute atomic E-state index is 2.52. The van der Waals surface area contributed by atoms with E-state index in [1.165, 1.54) is 81.3 Å². The van der Waals surface area contributed by atoms with Crippen LogP contribution in [0.4, 0.5) is 17.1 Å². The average Bonchev–Trinajstić information content (AvgIpc) is 3.95. The van der Waals surface area contributed by atoms with Gasteiger partial charge in [0.05, 0.1) is 0 Å². The van der Waals surface area contributed by atoms with Crippen molar-refractivity contribution >= 4 is 17.1 Å². The van der Waals surface area contributed by atoms with E-state index >= 15 is 0 Å². The van der Waals surface area contributed by atoms with Gasteiger partial charge in [0.2, 0.25) is 0 Å². The molecule has 0 aromatic heterocycles. The summed E-state index contributed by atoms with van der Waals surface area (Å²) in [6.45, 7) is 0. The molecule has 8 aromatic carbocycles. The lowest BCUT2D eigenvalue weighted by Gasteiger charge is -2.76. The molecule has 4 saturated carbocycles. The van der Waals surface area contributed by atoms with E-state index < -0.39 is 0 Å². The molecule has 59 heavy (non-hydrogen) atoms. The lowest BCUT2D eigenvalue weighted by molar-refractivity contribution is -0.231. The van der Waals surface area contributed by atoms with Crippen LogP contribution < -0.4 is 4.90 Å². The molecule has 5 aliphatic rings. The van der Waals surface area contributed by atoms with Crippen LogP contribution in [0.1, 0.15) is 36.8 Å². The van der Waals surface area contributed by atoms with E-state index in [2.05, 4.69) is 205 Å². The molecule has 13 rings (SSSR count). The summed E-state index contributed by atoms with van der Waals surface area (Å²) in [7, 11) is 0. The third kappa shape index (κ3) is 4.62. The van der Waals surface area contributed by atoms with Gasteiger partial charge >= 0.3 is 0 Å². The van der Waals surface area contributed by atoms with Crippen LogP contribution >= 0.6 is 0 Å². The number of anilines is 3. The van der Waals surface area contributed by atoms with E-state index in [1.54, 1.807) is 11.1 Å². The Labute approximate surface area is 347 Å². The van der Waals surface area contributed by atoms with Crippen LogP contribution in [-0.2, 0) is 5.41 Å². The molecule has 0 aliphatic heterocycles. The van der Waals surface area contributed by atoms with Gasteiger partial charge < -0.3 is 4.90 Å². The molecule has 0 N–H and O–H groups in total. The zero-order valence-corrected chi connectivity index (χ0v) is 33.1. The first kappa shape index (κ1) is 33.5. The number of benzene rings is 8. The molecule has 0 saturated heterocycles. The van der Waals surface area contributed by atoms with Crippen LogP contribution in [-0.4, -0.2) is 0 Å². The predicted molar refractivity (Wildman–Crippen MR) is 244 cm³/mol. The van der Waals surface area contributed by atoms with Gasteiger partial charge in [0.1, 0.15) is 0 Å². The van der Waals surface area contributed by atoms with Gasteiger partial charge in [-0.25, -0.2) is 0 Å². The van der Waals surface area contributed by atoms with Crippen LogP contribution in [0.15, 0.2) is 200 Å². The van der Waals surface area contributed by atoms with Gasteiger partial charge in [-0.3, -0.25) is 0 Å². The molecule has 6 unspecified atom stereocenters. The standard InChI is InChI=1S/C58H45N/c1-3-12-39(13-4-1)41-24-28-47(29-25-41)59(48-30-26-42(27-31-48)40-14-5-2-6-15-40)49-19-10-17-44(35-49)43-16-9-18-45(34-43)50-21-11-23-53-56(50)51-20-7-8-22-52(51)58(53)54-33-38-32-46-36-55(58)57(46,54)37-38/h1-31,34-35,38,46,54-55H,32-33,36-37H2. The predicted octanol–water partition coefficient (Wildman–Crippen LogP) is 15.2. The third-order valence-electron chi connectivity index (χ3n) is 15.7. The lowest BCUT2D eigenvalue weighted by atomic mass is 9.27. The monoisotopic (exact) mass is 755 g/mol. The second-order valence-electron chi connectivity index (χ2n) is 18.1. The number of fused-ring (bicyclic) bond motifs is 8. The molecule has 8 aromatic rings. The SMILES string of the molecule is c1ccc(-c2ccc(N(c3ccc(-c4ccccc4)cc3)c3cccc(-c4cccc(-c5cccc6c5-c5ccccc5C65C6CC7CC8CC5C86C7)c4)c3)cc2)cc1. The maximum atomic E-state index is 2.52. The van der Waals surface area contributed by atoms with E-state index in [0.717, 1.165) is 40.7 Å². The van der Waals surface area contributed by atoms with Crippen molar-refractivity contribution in [3.8, 4) is 55.6 Å². The highest BCUT2D eigenvalue weighted by atomic mass is 15.1. The fourth-order valence-electron chi connectivity index (χ4n) is 13.6. The average molecular weight is 756 g/mol. The third-order valence-corrected chi connectivity index (χ3v) is 15.7. The zero-order valence-electron chi connectivity index (χ0n) is 33.1. The molecular weight excluding hydrogens is 711 g/mol. The van der Waals surface area contributed by atoms with Crippen LogP contribution in [0.5, 0.6) is 0 Å². The van der Waals surface area contributed by atoms with Gasteiger partial charge in [-0.1, -0.05) is 158 Å². The summed E-state index contributed by atoms with van der Waals surface area (Å²) in [5.41, 5.74) is 20.5. The molecule has 1 nitrogen and oxygen atoms in total. The Morgan fingerprint density at radius 1 is 0.373 bits per heavy atom. The van der Waals surface area contributed by atoms with E-state index in [0.29, 0.717) is 5.41 Å². The Morgan fingerprint density at radius 3 is 1.59 bits per heavy atom. The van der Waals surface area contributed by atoms with Crippen molar-refractivity contribution in [2.45, 2.75) is 31.1 Å². The van der Waals surface area contributed by atoms with E-state index in [9.17, 15) is 0 Å². The van der Waals surface area contributed by atoms with E-state index in [-0.39, 0.29) is 5.41 Å². The second-order valence-corrected chi connectivity index (χ2v) is 18.1. The van der Waals surface area contributed by atoms with Gasteiger partial charge in [-0.15, -0.1) is 0 Å². The highest BCUT2D eigenvalue weighted by molar-refractivity contribution is 5.95. The normalized spacial score (nSPS) is 24.8. The largest absolute Gasteiger partial charge is 0.310 e. The number of hydrogen-bond donors (Lipinski definition) is 0. The minimum Gasteiger partial charge on any atom is -0.310 e. The molecule has 2 spiro atoms. The Morgan fingerprint density at radius 2 is 0.898 bits per heavy atom. The minimum atomic E-state index is 0.210. The minimum absolute atomic E-state index is 0.210. The fourth-order valence-corrected chi connectivity index (χ4v) is 13.6. The van der Waals surface area contributed by atoms with Crippen LogP contribution in [0, 0.1) is 29.1 Å². The highest BCUT2D eigenvalue weighted by Gasteiger charge is 2.84. The van der Waals surface area contributed by atoms with Crippen molar-refractivity contribution in [1.29, 1.82) is 0 Å². The van der Waals surface area contributed by atoms with Crippen molar-refractivity contribution in [1.82, 2.24) is 0 Å². The number of rotatable bonds is 7. The summed E-state index contributed by atoms with van der Waals surface area (Å²) >= 11 is 0. The van der Waals surface area contributed by atoms with Crippen molar-refractivity contribution < 1.29 is 0 Å². The van der Waals surface area contributed by atoms with Crippen LogP contribution in [0.25, 0.3) is 55.6 Å². The van der Waals surface area contributed by atoms with E-state index in [4.69, 9.17) is 0 Å². The van der Waals surface area contributed by atoms with Gasteiger partial charge in [0, 0.05) is 22.5 Å². The first-order valence-corrected chi connectivity index (χ1v) is 21.8. The van der Waals surface area contributed by atoms with Gasteiger partial charge in [-0.2, -0.15) is 0 Å². The Balaban J connectivity index is 0.894. The first-order chi connectivity index (χ1) is 29.2. The second kappa shape index (κ2) is 12.5. The summed E-state index contributed by atoms with van der Waals surface area (Å²) in [5, 5.41) is 0. The summed E-state index contributed by atoms with van der Waals surface area (Å²) in [4.78, 5) is 2.39. The smallest absolute Gasteiger partial charge is 0.0467 e. The molecule has 0 radical (unpaired) electrons. The number of nitrogens with zero attached hydrogens (tertiary/aromatic N) is 1. The first-order valence-electron chi connectivity index (χ1n) is 21.8. The van der Waals surface area contributed by atoms with Crippen molar-refractivity contribution in [3.63, 3.8) is 0 Å². The molecule has 0 heterocycles. The molecule has 1 heteroatoms. The quantitative estimate of drug-likeness (QED) is 0.157. The van der Waals surface area contributed by atoms with Crippen molar-refractivity contribution in [3.05, 3.63) is 211 Å². The highest BCUT2D eigenvalue weighted by Crippen LogP contribution is 2.89. The fraction of sp³-hybridized carbons (Fsp3) is 0.172. The zero-order chi connectivity index (χ0) is 38.7. The van der Waals surface area contributed by atoms with Crippen LogP contribution in [0.3, 0.4) is 0 Å². The Hall–Kier alpha value is -6.44.